The highest BCUT2D eigenvalue weighted by Gasteiger charge is 2.36. The summed E-state index contributed by atoms with van der Waals surface area (Å²) in [5, 5.41) is 4.96. The van der Waals surface area contributed by atoms with Crippen LogP contribution < -0.4 is 5.32 Å². The van der Waals surface area contributed by atoms with Crippen molar-refractivity contribution < 1.29 is 14.3 Å². The van der Waals surface area contributed by atoms with Gasteiger partial charge in [-0.15, -0.1) is 11.3 Å². The van der Waals surface area contributed by atoms with Crippen molar-refractivity contribution in [1.82, 2.24) is 15.1 Å². The van der Waals surface area contributed by atoms with Gasteiger partial charge < -0.3 is 19.9 Å². The predicted molar refractivity (Wildman–Crippen MR) is 138 cm³/mol. The minimum Gasteiger partial charge on any atom is -0.444 e. The Bertz CT molecular complexity index is 823. The van der Waals surface area contributed by atoms with Crippen LogP contribution in [0.25, 0.3) is 0 Å². The second kappa shape index (κ2) is 11.4. The van der Waals surface area contributed by atoms with E-state index in [4.69, 9.17) is 4.74 Å². The van der Waals surface area contributed by atoms with Gasteiger partial charge >= 0.3 is 6.09 Å². The minimum atomic E-state index is -0.454. The largest absolute Gasteiger partial charge is 0.444 e. The van der Waals surface area contributed by atoms with Gasteiger partial charge in [0.1, 0.15) is 5.60 Å². The van der Waals surface area contributed by atoms with Gasteiger partial charge in [-0.05, 0) is 103 Å². The Balaban J connectivity index is 1.20. The van der Waals surface area contributed by atoms with E-state index in [9.17, 15) is 9.59 Å². The van der Waals surface area contributed by atoms with Crippen LogP contribution in [0.3, 0.4) is 0 Å². The van der Waals surface area contributed by atoms with Crippen LogP contribution in [0.4, 0.5) is 4.79 Å². The third kappa shape index (κ3) is 6.75. The van der Waals surface area contributed by atoms with Crippen LogP contribution >= 0.6 is 11.3 Å². The molecule has 2 amide bonds. The van der Waals surface area contributed by atoms with E-state index >= 15 is 0 Å². The van der Waals surface area contributed by atoms with Crippen molar-refractivity contribution in [3.63, 3.8) is 0 Å². The molecule has 2 saturated heterocycles. The monoisotopic (exact) mass is 489 g/mol. The van der Waals surface area contributed by atoms with Crippen LogP contribution in [0, 0.1) is 5.92 Å². The normalized spacial score (nSPS) is 24.5. The molecule has 1 N–H and O–H groups in total. The van der Waals surface area contributed by atoms with Crippen molar-refractivity contribution in [3.8, 4) is 0 Å². The number of ether oxygens (including phenoxy) is 1. The van der Waals surface area contributed by atoms with E-state index in [1.165, 1.54) is 37.0 Å². The molecule has 3 fully saturated rings. The van der Waals surface area contributed by atoms with Crippen LogP contribution in [-0.2, 0) is 4.74 Å². The number of alkyl carbamates (subject to hydrolysis) is 1. The molecule has 0 radical (unpaired) electrons. The van der Waals surface area contributed by atoms with Gasteiger partial charge in [0, 0.05) is 29.4 Å². The topological polar surface area (TPSA) is 61.9 Å². The maximum atomic E-state index is 13.4. The number of piperidine rings is 2. The van der Waals surface area contributed by atoms with Crippen LogP contribution in [-0.4, -0.2) is 66.2 Å². The second-order valence-corrected chi connectivity index (χ2v) is 12.3. The lowest BCUT2D eigenvalue weighted by atomic mass is 9.78. The number of nitrogens with zero attached hydrogens (tertiary/aromatic N) is 2. The first-order valence-electron chi connectivity index (χ1n) is 13.4. The number of nitrogens with one attached hydrogen (secondary N) is 1. The molecular weight excluding hydrogens is 446 g/mol. The average Bonchev–Trinajstić information content (AvgIpc) is 3.31. The number of thiophene rings is 1. The maximum absolute atomic E-state index is 13.4. The second-order valence-electron chi connectivity index (χ2n) is 11.4. The summed E-state index contributed by atoms with van der Waals surface area (Å²) >= 11 is 1.78. The summed E-state index contributed by atoms with van der Waals surface area (Å²) in [7, 11) is 0. The molecule has 3 aliphatic rings. The fourth-order valence-corrected chi connectivity index (χ4v) is 7.03. The van der Waals surface area contributed by atoms with Gasteiger partial charge in [-0.2, -0.15) is 0 Å². The molecule has 3 heterocycles. The Morgan fingerprint density at radius 1 is 1.06 bits per heavy atom. The number of hydrogen-bond acceptors (Lipinski definition) is 5. The smallest absolute Gasteiger partial charge is 0.407 e. The standard InChI is InChI=1S/C27H43N3O3S/c1-27(2,3)33-26(32)28-13-7-14-29-16-11-21(12-17-29)24-18-22(19-34-24)25(31)30-15-6-9-20-8-4-5-10-23(20)30/h18-21,23H,4-17H2,1-3H3,(H,28,32). The lowest BCUT2D eigenvalue weighted by Crippen LogP contribution is -2.49. The van der Waals surface area contributed by atoms with Crippen molar-refractivity contribution in [2.45, 2.75) is 96.1 Å². The molecule has 0 spiro atoms. The summed E-state index contributed by atoms with van der Waals surface area (Å²) in [6.45, 7) is 10.4. The summed E-state index contributed by atoms with van der Waals surface area (Å²) in [5.41, 5.74) is 0.464. The van der Waals surface area contributed by atoms with E-state index in [2.05, 4.69) is 26.6 Å². The molecule has 4 rings (SSSR count). The lowest BCUT2D eigenvalue weighted by Gasteiger charge is -2.44. The first-order chi connectivity index (χ1) is 16.3. The fraction of sp³-hybridized carbons (Fsp3) is 0.778. The highest BCUT2D eigenvalue weighted by atomic mass is 32.1. The van der Waals surface area contributed by atoms with E-state index in [0.29, 0.717) is 18.5 Å². The maximum Gasteiger partial charge on any atom is 0.407 e. The zero-order valence-electron chi connectivity index (χ0n) is 21.3. The Labute approximate surface area is 209 Å². The Kier molecular flexibility index (Phi) is 8.57. The number of fused-ring (bicyclic) bond motifs is 1. The van der Waals surface area contributed by atoms with Gasteiger partial charge in [0.05, 0.1) is 5.56 Å². The minimum absolute atomic E-state index is 0.272. The van der Waals surface area contributed by atoms with Gasteiger partial charge in [0.15, 0.2) is 0 Å². The number of likely N-dealkylation sites (tertiary alicyclic amines) is 2. The summed E-state index contributed by atoms with van der Waals surface area (Å²) in [6, 6.07) is 2.68. The third-order valence-corrected chi connectivity index (χ3v) is 8.78. The van der Waals surface area contributed by atoms with E-state index in [1.54, 1.807) is 11.3 Å². The molecule has 2 unspecified atom stereocenters. The van der Waals surface area contributed by atoms with Crippen molar-refractivity contribution in [3.05, 3.63) is 21.9 Å². The molecule has 1 saturated carbocycles. The van der Waals surface area contributed by atoms with Gasteiger partial charge in [-0.25, -0.2) is 4.79 Å². The molecule has 1 aromatic rings. The summed E-state index contributed by atoms with van der Waals surface area (Å²) in [6.07, 6.45) is 10.5. The Morgan fingerprint density at radius 3 is 2.56 bits per heavy atom. The third-order valence-electron chi connectivity index (χ3n) is 7.68. The van der Waals surface area contributed by atoms with Gasteiger partial charge in [0.25, 0.3) is 5.91 Å². The molecule has 7 heteroatoms. The number of carbonyl (C=O) groups excluding carboxylic acids is 2. The summed E-state index contributed by atoms with van der Waals surface area (Å²) < 4.78 is 5.29. The van der Waals surface area contributed by atoms with E-state index in [0.717, 1.165) is 63.3 Å². The molecule has 0 aromatic carbocycles. The lowest BCUT2D eigenvalue weighted by molar-refractivity contribution is 0.0390. The molecular formula is C27H43N3O3S. The molecule has 1 aromatic heterocycles. The molecule has 34 heavy (non-hydrogen) atoms. The molecule has 190 valence electrons. The van der Waals surface area contributed by atoms with Gasteiger partial charge in [-0.3, -0.25) is 4.79 Å². The van der Waals surface area contributed by atoms with Crippen molar-refractivity contribution in [1.29, 1.82) is 0 Å². The Hall–Kier alpha value is -1.60. The van der Waals surface area contributed by atoms with Crippen molar-refractivity contribution in [2.75, 3.05) is 32.7 Å². The van der Waals surface area contributed by atoms with E-state index in [-0.39, 0.29) is 12.0 Å². The van der Waals surface area contributed by atoms with Crippen LogP contribution in [0.5, 0.6) is 0 Å². The molecule has 2 aliphatic heterocycles. The van der Waals surface area contributed by atoms with Crippen molar-refractivity contribution in [2.24, 2.45) is 5.92 Å². The summed E-state index contributed by atoms with van der Waals surface area (Å²) in [5.74, 6) is 1.56. The van der Waals surface area contributed by atoms with Gasteiger partial charge in [-0.1, -0.05) is 12.8 Å². The number of hydrogen-bond donors (Lipinski definition) is 1. The van der Waals surface area contributed by atoms with Crippen molar-refractivity contribution >= 4 is 23.3 Å². The zero-order chi connectivity index (χ0) is 24.1. The van der Waals surface area contributed by atoms with Gasteiger partial charge in [0.2, 0.25) is 0 Å². The first-order valence-corrected chi connectivity index (χ1v) is 14.3. The Morgan fingerprint density at radius 2 is 1.79 bits per heavy atom. The SMILES string of the molecule is CC(C)(C)OC(=O)NCCCN1CCC(c2cc(C(=O)N3CCCC4CCCCC43)cs2)CC1. The van der Waals surface area contributed by atoms with E-state index in [1.807, 2.05) is 20.8 Å². The molecule has 6 nitrogen and oxygen atoms in total. The highest BCUT2D eigenvalue weighted by molar-refractivity contribution is 7.10. The number of rotatable bonds is 6. The van der Waals surface area contributed by atoms with Crippen LogP contribution in [0.2, 0.25) is 0 Å². The fourth-order valence-electron chi connectivity index (χ4n) is 5.97. The van der Waals surface area contributed by atoms with E-state index < -0.39 is 5.60 Å². The first kappa shape index (κ1) is 25.5. The molecule has 0 bridgehead atoms. The number of amides is 2. The predicted octanol–water partition coefficient (Wildman–Crippen LogP) is 5.64. The highest BCUT2D eigenvalue weighted by Crippen LogP contribution is 2.37. The molecule has 2 atom stereocenters. The average molecular weight is 490 g/mol. The van der Waals surface area contributed by atoms with Crippen LogP contribution in [0.1, 0.15) is 99.7 Å². The molecule has 1 aliphatic carbocycles. The quantitative estimate of drug-likeness (QED) is 0.526. The zero-order valence-corrected chi connectivity index (χ0v) is 22.1. The number of carbonyl (C=O) groups is 2. The van der Waals surface area contributed by atoms with Crippen LogP contribution in [0.15, 0.2) is 11.4 Å². The summed E-state index contributed by atoms with van der Waals surface area (Å²) in [4.78, 5) is 31.2.